The number of anilines is 1. The molecule has 3 N–H and O–H groups in total. The van der Waals surface area contributed by atoms with Crippen LogP contribution in [0, 0.1) is 0 Å². The molecule has 0 aliphatic heterocycles. The predicted octanol–water partition coefficient (Wildman–Crippen LogP) is 2.72. The quantitative estimate of drug-likeness (QED) is 0.866. The fourth-order valence-electron chi connectivity index (χ4n) is 1.75. The van der Waals surface area contributed by atoms with Crippen LogP contribution in [0.25, 0.3) is 0 Å². The van der Waals surface area contributed by atoms with E-state index in [1.807, 2.05) is 13.8 Å². The van der Waals surface area contributed by atoms with Crippen molar-refractivity contribution in [3.05, 3.63) is 32.9 Å². The fourth-order valence-corrected chi connectivity index (χ4v) is 3.36. The Kier molecular flexibility index (Phi) is 4.48. The van der Waals surface area contributed by atoms with Crippen LogP contribution in [-0.2, 0) is 7.05 Å². The van der Waals surface area contributed by atoms with Gasteiger partial charge >= 0.3 is 0 Å². The molecule has 21 heavy (non-hydrogen) atoms. The zero-order chi connectivity index (χ0) is 15.7. The SMILES string of the molecule is CC(C)c1cc(C(N)=O)c(NC(=O)c2nn(C)cc2Br)s1. The molecule has 0 spiro atoms. The van der Waals surface area contributed by atoms with Crippen LogP contribution in [0.1, 0.15) is 45.5 Å². The number of aromatic nitrogens is 2. The average Bonchev–Trinajstić information content (AvgIpc) is 2.93. The number of amides is 2. The highest BCUT2D eigenvalue weighted by atomic mass is 79.9. The van der Waals surface area contributed by atoms with Gasteiger partial charge in [0.05, 0.1) is 10.0 Å². The van der Waals surface area contributed by atoms with Crippen molar-refractivity contribution in [2.75, 3.05) is 5.32 Å². The van der Waals surface area contributed by atoms with Gasteiger partial charge in [0.1, 0.15) is 5.00 Å². The lowest BCUT2D eigenvalue weighted by Gasteiger charge is -2.02. The number of rotatable bonds is 4. The second kappa shape index (κ2) is 5.98. The molecule has 0 bridgehead atoms. The van der Waals surface area contributed by atoms with Crippen LogP contribution in [0.15, 0.2) is 16.7 Å². The van der Waals surface area contributed by atoms with E-state index < -0.39 is 5.91 Å². The minimum atomic E-state index is -0.562. The van der Waals surface area contributed by atoms with Gasteiger partial charge in [-0.2, -0.15) is 5.10 Å². The predicted molar refractivity (Wildman–Crippen MR) is 85.8 cm³/mol. The van der Waals surface area contributed by atoms with Crippen LogP contribution in [0.3, 0.4) is 0 Å². The molecule has 0 saturated heterocycles. The van der Waals surface area contributed by atoms with E-state index in [2.05, 4.69) is 26.3 Å². The van der Waals surface area contributed by atoms with Crippen molar-refractivity contribution in [3.8, 4) is 0 Å². The molecule has 0 saturated carbocycles. The Bertz CT molecular complexity index is 705. The molecule has 0 fully saturated rings. The topological polar surface area (TPSA) is 90.0 Å². The number of thiophene rings is 1. The highest BCUT2D eigenvalue weighted by Gasteiger charge is 2.20. The Morgan fingerprint density at radius 3 is 2.62 bits per heavy atom. The molecule has 0 aliphatic rings. The molecule has 2 heterocycles. The summed E-state index contributed by atoms with van der Waals surface area (Å²) in [6, 6.07) is 1.72. The molecule has 2 aromatic heterocycles. The summed E-state index contributed by atoms with van der Waals surface area (Å²) in [5.74, 6) is -0.698. The summed E-state index contributed by atoms with van der Waals surface area (Å²) < 4.78 is 2.12. The van der Waals surface area contributed by atoms with Gasteiger partial charge in [-0.05, 0) is 27.9 Å². The van der Waals surface area contributed by atoms with Gasteiger partial charge in [-0.25, -0.2) is 0 Å². The molecule has 0 aliphatic carbocycles. The summed E-state index contributed by atoms with van der Waals surface area (Å²) in [6.07, 6.45) is 1.68. The number of carbonyl (C=O) groups is 2. The summed E-state index contributed by atoms with van der Waals surface area (Å²) in [4.78, 5) is 24.7. The Balaban J connectivity index is 2.32. The summed E-state index contributed by atoms with van der Waals surface area (Å²) in [7, 11) is 1.72. The van der Waals surface area contributed by atoms with Crippen molar-refractivity contribution in [1.82, 2.24) is 9.78 Å². The van der Waals surface area contributed by atoms with E-state index in [9.17, 15) is 9.59 Å². The number of aryl methyl sites for hydroxylation is 1. The van der Waals surface area contributed by atoms with Crippen molar-refractivity contribution in [2.24, 2.45) is 12.8 Å². The van der Waals surface area contributed by atoms with Gasteiger partial charge in [0.2, 0.25) is 0 Å². The minimum Gasteiger partial charge on any atom is -0.366 e. The molecule has 2 amide bonds. The first kappa shape index (κ1) is 15.7. The van der Waals surface area contributed by atoms with E-state index in [1.54, 1.807) is 19.3 Å². The molecular weight excluding hydrogens is 356 g/mol. The summed E-state index contributed by atoms with van der Waals surface area (Å²) in [5.41, 5.74) is 5.94. The number of nitrogens with one attached hydrogen (secondary N) is 1. The van der Waals surface area contributed by atoms with Gasteiger partial charge in [-0.1, -0.05) is 13.8 Å². The lowest BCUT2D eigenvalue weighted by molar-refractivity contribution is 0.100. The van der Waals surface area contributed by atoms with E-state index in [0.29, 0.717) is 15.0 Å². The van der Waals surface area contributed by atoms with E-state index in [-0.39, 0.29) is 17.5 Å². The van der Waals surface area contributed by atoms with Crippen LogP contribution in [-0.4, -0.2) is 21.6 Å². The first-order valence-electron chi connectivity index (χ1n) is 6.23. The van der Waals surface area contributed by atoms with E-state index >= 15 is 0 Å². The lowest BCUT2D eigenvalue weighted by Crippen LogP contribution is -2.17. The zero-order valence-corrected chi connectivity index (χ0v) is 14.2. The van der Waals surface area contributed by atoms with Crippen molar-refractivity contribution in [3.63, 3.8) is 0 Å². The number of primary amides is 1. The van der Waals surface area contributed by atoms with Crippen molar-refractivity contribution in [1.29, 1.82) is 0 Å². The number of hydrogen-bond acceptors (Lipinski definition) is 4. The number of hydrogen-bond donors (Lipinski definition) is 2. The number of halogens is 1. The van der Waals surface area contributed by atoms with Crippen LogP contribution < -0.4 is 11.1 Å². The third-order valence-electron chi connectivity index (χ3n) is 2.81. The molecule has 2 aromatic rings. The number of nitrogens with zero attached hydrogens (tertiary/aromatic N) is 2. The van der Waals surface area contributed by atoms with Gasteiger partial charge < -0.3 is 11.1 Å². The second-order valence-electron chi connectivity index (χ2n) is 4.86. The lowest BCUT2D eigenvalue weighted by atomic mass is 10.1. The third-order valence-corrected chi connectivity index (χ3v) is 4.74. The average molecular weight is 371 g/mol. The molecule has 0 atom stereocenters. The van der Waals surface area contributed by atoms with Gasteiger partial charge in [-0.3, -0.25) is 14.3 Å². The van der Waals surface area contributed by atoms with Crippen LogP contribution in [0.2, 0.25) is 0 Å². The van der Waals surface area contributed by atoms with Gasteiger partial charge in [-0.15, -0.1) is 11.3 Å². The van der Waals surface area contributed by atoms with E-state index in [4.69, 9.17) is 5.73 Å². The Labute approximate surface area is 134 Å². The largest absolute Gasteiger partial charge is 0.366 e. The standard InChI is InChI=1S/C13H15BrN4O2S/c1-6(2)9-4-7(11(15)19)13(21-9)16-12(20)10-8(14)5-18(3)17-10/h4-6H,1-3H3,(H2,15,19)(H,16,20). The Morgan fingerprint density at radius 2 is 2.14 bits per heavy atom. The van der Waals surface area contributed by atoms with Crippen LogP contribution >= 0.6 is 27.3 Å². The summed E-state index contributed by atoms with van der Waals surface area (Å²) in [6.45, 7) is 4.02. The van der Waals surface area contributed by atoms with E-state index in [0.717, 1.165) is 4.88 Å². The molecule has 8 heteroatoms. The maximum Gasteiger partial charge on any atom is 0.277 e. The molecule has 2 rings (SSSR count). The maximum atomic E-state index is 12.2. The maximum absolute atomic E-state index is 12.2. The van der Waals surface area contributed by atoms with Crippen molar-refractivity contribution >= 4 is 44.1 Å². The minimum absolute atomic E-state index is 0.250. The smallest absolute Gasteiger partial charge is 0.277 e. The molecule has 6 nitrogen and oxygen atoms in total. The first-order valence-corrected chi connectivity index (χ1v) is 7.84. The van der Waals surface area contributed by atoms with Crippen molar-refractivity contribution in [2.45, 2.75) is 19.8 Å². The molecule has 0 aromatic carbocycles. The van der Waals surface area contributed by atoms with Crippen molar-refractivity contribution < 1.29 is 9.59 Å². The second-order valence-corrected chi connectivity index (χ2v) is 6.80. The van der Waals surface area contributed by atoms with E-state index in [1.165, 1.54) is 16.0 Å². The Morgan fingerprint density at radius 1 is 1.48 bits per heavy atom. The zero-order valence-electron chi connectivity index (χ0n) is 11.8. The monoisotopic (exact) mass is 370 g/mol. The fraction of sp³-hybridized carbons (Fsp3) is 0.308. The van der Waals surface area contributed by atoms with Gasteiger partial charge in [0.15, 0.2) is 5.69 Å². The summed E-state index contributed by atoms with van der Waals surface area (Å²) >= 11 is 4.62. The molecular formula is C13H15BrN4O2S. The summed E-state index contributed by atoms with van der Waals surface area (Å²) in [5, 5.41) is 7.23. The number of nitrogens with two attached hydrogens (primary N) is 1. The normalized spacial score (nSPS) is 10.9. The Hall–Kier alpha value is -1.67. The van der Waals surface area contributed by atoms with Gasteiger partial charge in [0, 0.05) is 18.1 Å². The highest BCUT2D eigenvalue weighted by Crippen LogP contribution is 2.33. The number of carbonyl (C=O) groups excluding carboxylic acids is 2. The molecule has 0 unspecified atom stereocenters. The first-order chi connectivity index (χ1) is 9.79. The molecule has 112 valence electrons. The van der Waals surface area contributed by atoms with Crippen LogP contribution in [0.4, 0.5) is 5.00 Å². The third kappa shape index (κ3) is 3.33. The molecule has 0 radical (unpaired) electrons. The van der Waals surface area contributed by atoms with Crippen LogP contribution in [0.5, 0.6) is 0 Å². The van der Waals surface area contributed by atoms with Gasteiger partial charge in [0.25, 0.3) is 11.8 Å². The highest BCUT2D eigenvalue weighted by molar-refractivity contribution is 9.10.